The summed E-state index contributed by atoms with van der Waals surface area (Å²) in [6.45, 7) is 1.91. The molecule has 4 aromatic rings. The van der Waals surface area contributed by atoms with Gasteiger partial charge in [0.05, 0.1) is 18.4 Å². The lowest BCUT2D eigenvalue weighted by Gasteiger charge is -2.07. The van der Waals surface area contributed by atoms with Crippen molar-refractivity contribution in [2.75, 3.05) is 7.11 Å². The molecule has 3 heterocycles. The molecule has 0 aliphatic carbocycles. The van der Waals surface area contributed by atoms with Crippen molar-refractivity contribution in [3.63, 3.8) is 0 Å². The standard InChI is InChI=1S/C19H15ClN4O2/c1-11-17(12-5-7-13(20)8-6-12)18-22-15(10-16(25)24(18)23-11)14-4-3-9-21-19(14)26-2/h3-10,23H,1-2H3. The molecule has 0 unspecified atom stereocenters. The van der Waals surface area contributed by atoms with Gasteiger partial charge in [-0.25, -0.2) is 14.5 Å². The van der Waals surface area contributed by atoms with Gasteiger partial charge in [0.15, 0.2) is 5.65 Å². The van der Waals surface area contributed by atoms with Gasteiger partial charge in [-0.15, -0.1) is 0 Å². The predicted octanol–water partition coefficient (Wildman–Crippen LogP) is 3.72. The van der Waals surface area contributed by atoms with Crippen LogP contribution in [0.4, 0.5) is 0 Å². The molecule has 0 aliphatic rings. The quantitative estimate of drug-likeness (QED) is 0.599. The topological polar surface area (TPSA) is 72.3 Å². The maximum Gasteiger partial charge on any atom is 0.273 e. The van der Waals surface area contributed by atoms with Crippen molar-refractivity contribution in [3.8, 4) is 28.3 Å². The van der Waals surface area contributed by atoms with Crippen molar-refractivity contribution in [1.82, 2.24) is 19.6 Å². The highest BCUT2D eigenvalue weighted by Crippen LogP contribution is 2.30. The molecule has 0 bridgehead atoms. The lowest BCUT2D eigenvalue weighted by molar-refractivity contribution is 0.399. The van der Waals surface area contributed by atoms with Gasteiger partial charge in [-0.1, -0.05) is 23.7 Å². The molecule has 0 saturated carbocycles. The minimum atomic E-state index is -0.209. The molecule has 1 aromatic carbocycles. The molecule has 0 spiro atoms. The second kappa shape index (κ2) is 6.31. The molecular weight excluding hydrogens is 352 g/mol. The van der Waals surface area contributed by atoms with E-state index in [1.807, 2.05) is 37.3 Å². The highest BCUT2D eigenvalue weighted by molar-refractivity contribution is 6.30. The van der Waals surface area contributed by atoms with Crippen molar-refractivity contribution in [1.29, 1.82) is 0 Å². The number of hydrogen-bond acceptors (Lipinski definition) is 4. The van der Waals surface area contributed by atoms with Crippen molar-refractivity contribution in [3.05, 3.63) is 69.7 Å². The monoisotopic (exact) mass is 366 g/mol. The third-order valence-electron chi connectivity index (χ3n) is 4.17. The molecular formula is C19H15ClN4O2. The molecule has 0 aliphatic heterocycles. The Morgan fingerprint density at radius 1 is 1.19 bits per heavy atom. The van der Waals surface area contributed by atoms with Crippen molar-refractivity contribution in [2.24, 2.45) is 0 Å². The van der Waals surface area contributed by atoms with E-state index in [-0.39, 0.29) is 5.56 Å². The zero-order chi connectivity index (χ0) is 18.3. The molecule has 7 heteroatoms. The number of aromatic nitrogens is 4. The summed E-state index contributed by atoms with van der Waals surface area (Å²) in [6.07, 6.45) is 1.63. The van der Waals surface area contributed by atoms with Crippen LogP contribution in [0.3, 0.4) is 0 Å². The SMILES string of the molecule is COc1ncccc1-c1cc(=O)n2[nH]c(C)c(-c3ccc(Cl)cc3)c2n1. The van der Waals surface area contributed by atoms with E-state index in [9.17, 15) is 4.79 Å². The van der Waals surface area contributed by atoms with Gasteiger partial charge in [0, 0.05) is 28.5 Å². The lowest BCUT2D eigenvalue weighted by atomic mass is 10.1. The second-order valence-corrected chi connectivity index (χ2v) is 6.25. The Kier molecular flexibility index (Phi) is 3.97. The smallest absolute Gasteiger partial charge is 0.273 e. The third kappa shape index (κ3) is 2.64. The van der Waals surface area contributed by atoms with E-state index >= 15 is 0 Å². The first-order valence-electron chi connectivity index (χ1n) is 7.96. The van der Waals surface area contributed by atoms with E-state index in [1.54, 1.807) is 12.3 Å². The maximum absolute atomic E-state index is 12.6. The number of ether oxygens (including phenoxy) is 1. The Balaban J connectivity index is 2.01. The number of H-pyrrole nitrogens is 1. The fourth-order valence-corrected chi connectivity index (χ4v) is 3.12. The molecule has 26 heavy (non-hydrogen) atoms. The fourth-order valence-electron chi connectivity index (χ4n) is 3.00. The van der Waals surface area contributed by atoms with Gasteiger partial charge >= 0.3 is 0 Å². The number of methoxy groups -OCH3 is 1. The zero-order valence-electron chi connectivity index (χ0n) is 14.2. The Bertz CT molecular complexity index is 1160. The first-order valence-corrected chi connectivity index (χ1v) is 8.34. The van der Waals surface area contributed by atoms with Gasteiger partial charge in [-0.05, 0) is 36.8 Å². The number of nitrogens with zero attached hydrogens (tertiary/aromatic N) is 3. The molecule has 0 saturated heterocycles. The van der Waals surface area contributed by atoms with Crippen LogP contribution in [-0.2, 0) is 0 Å². The summed E-state index contributed by atoms with van der Waals surface area (Å²) in [5.74, 6) is 0.420. The summed E-state index contributed by atoms with van der Waals surface area (Å²) in [4.78, 5) is 21.5. The number of benzene rings is 1. The number of hydrogen-bond donors (Lipinski definition) is 1. The normalized spacial score (nSPS) is 11.0. The number of aryl methyl sites for hydroxylation is 1. The average molecular weight is 367 g/mol. The zero-order valence-corrected chi connectivity index (χ0v) is 14.9. The second-order valence-electron chi connectivity index (χ2n) is 5.82. The van der Waals surface area contributed by atoms with Gasteiger partial charge in [-0.3, -0.25) is 9.89 Å². The summed E-state index contributed by atoms with van der Waals surface area (Å²) >= 11 is 6.00. The van der Waals surface area contributed by atoms with Crippen molar-refractivity contribution >= 4 is 17.2 Å². The highest BCUT2D eigenvalue weighted by atomic mass is 35.5. The average Bonchev–Trinajstić information content (AvgIpc) is 2.99. The number of rotatable bonds is 3. The maximum atomic E-state index is 12.6. The van der Waals surface area contributed by atoms with Crippen LogP contribution in [0, 0.1) is 6.92 Å². The summed E-state index contributed by atoms with van der Waals surface area (Å²) < 4.78 is 6.74. The minimum Gasteiger partial charge on any atom is -0.481 e. The van der Waals surface area contributed by atoms with E-state index in [1.165, 1.54) is 17.7 Å². The molecule has 0 radical (unpaired) electrons. The number of aromatic amines is 1. The van der Waals surface area contributed by atoms with Crippen molar-refractivity contribution < 1.29 is 4.74 Å². The van der Waals surface area contributed by atoms with E-state index in [0.717, 1.165) is 16.8 Å². The van der Waals surface area contributed by atoms with E-state index < -0.39 is 0 Å². The summed E-state index contributed by atoms with van der Waals surface area (Å²) in [5.41, 5.74) is 4.12. The van der Waals surface area contributed by atoms with Gasteiger partial charge in [0.1, 0.15) is 0 Å². The Morgan fingerprint density at radius 2 is 1.96 bits per heavy atom. The molecule has 130 valence electrons. The Labute approximate surface area is 154 Å². The summed E-state index contributed by atoms with van der Waals surface area (Å²) in [5, 5.41) is 3.73. The first-order chi connectivity index (χ1) is 12.6. The molecule has 4 rings (SSSR count). The minimum absolute atomic E-state index is 0.209. The molecule has 0 amide bonds. The molecule has 6 nitrogen and oxygen atoms in total. The third-order valence-corrected chi connectivity index (χ3v) is 4.42. The first kappa shape index (κ1) is 16.4. The van der Waals surface area contributed by atoms with Crippen LogP contribution in [0.5, 0.6) is 5.88 Å². The van der Waals surface area contributed by atoms with Gasteiger partial charge in [-0.2, -0.15) is 0 Å². The number of fused-ring (bicyclic) bond motifs is 1. The van der Waals surface area contributed by atoms with E-state index in [2.05, 4.69) is 10.1 Å². The van der Waals surface area contributed by atoms with E-state index in [4.69, 9.17) is 21.3 Å². The highest BCUT2D eigenvalue weighted by Gasteiger charge is 2.17. The van der Waals surface area contributed by atoms with Crippen LogP contribution in [0.2, 0.25) is 5.02 Å². The summed E-state index contributed by atoms with van der Waals surface area (Å²) in [7, 11) is 1.54. The molecule has 0 atom stereocenters. The van der Waals surface area contributed by atoms with Crippen LogP contribution < -0.4 is 10.3 Å². The number of halogens is 1. The fraction of sp³-hybridized carbons (Fsp3) is 0.105. The molecule has 0 fully saturated rings. The van der Waals surface area contributed by atoms with Crippen LogP contribution in [-0.4, -0.2) is 26.7 Å². The lowest BCUT2D eigenvalue weighted by Crippen LogP contribution is -2.14. The predicted molar refractivity (Wildman–Crippen MR) is 101 cm³/mol. The van der Waals surface area contributed by atoms with Gasteiger partial charge < -0.3 is 4.74 Å². The number of pyridine rings is 1. The largest absolute Gasteiger partial charge is 0.481 e. The van der Waals surface area contributed by atoms with Crippen molar-refractivity contribution in [2.45, 2.75) is 6.92 Å². The summed E-state index contributed by atoms with van der Waals surface area (Å²) in [6, 6.07) is 12.5. The van der Waals surface area contributed by atoms with Crippen LogP contribution in [0.15, 0.2) is 53.5 Å². The molecule has 1 N–H and O–H groups in total. The van der Waals surface area contributed by atoms with Crippen LogP contribution in [0.1, 0.15) is 5.69 Å². The molecule has 3 aromatic heterocycles. The Morgan fingerprint density at radius 3 is 2.69 bits per heavy atom. The Hall–Kier alpha value is -3.12. The van der Waals surface area contributed by atoms with Crippen LogP contribution >= 0.6 is 11.6 Å². The van der Waals surface area contributed by atoms with Gasteiger partial charge in [0.2, 0.25) is 5.88 Å². The van der Waals surface area contributed by atoms with E-state index in [0.29, 0.717) is 27.8 Å². The number of nitrogens with one attached hydrogen (secondary N) is 1. The van der Waals surface area contributed by atoms with Gasteiger partial charge in [0.25, 0.3) is 5.56 Å². The van der Waals surface area contributed by atoms with Crippen LogP contribution in [0.25, 0.3) is 28.0 Å².